The van der Waals surface area contributed by atoms with E-state index in [1.54, 1.807) is 12.4 Å². The number of rotatable bonds is 4. The predicted molar refractivity (Wildman–Crippen MR) is 84.3 cm³/mol. The standard InChI is InChI=1S/C15H21N5/c1-4-15(2,3)20-13-6-5-10(7-12(13)16)11-8-18-14(17)19-9-11/h5-9,20H,4,16H2,1-3H3,(H2,17,18,19). The number of nitrogens with zero attached hydrogens (tertiary/aromatic N) is 2. The van der Waals surface area contributed by atoms with E-state index >= 15 is 0 Å². The van der Waals surface area contributed by atoms with Gasteiger partial charge in [-0.05, 0) is 38.0 Å². The normalized spacial score (nSPS) is 11.3. The number of nitrogens with one attached hydrogen (secondary N) is 1. The summed E-state index contributed by atoms with van der Waals surface area (Å²) in [5.74, 6) is 0.268. The maximum absolute atomic E-state index is 6.12. The Bertz CT molecular complexity index is 590. The van der Waals surface area contributed by atoms with Crippen molar-refractivity contribution in [1.29, 1.82) is 0 Å². The molecule has 0 bridgehead atoms. The molecule has 2 rings (SSSR count). The Morgan fingerprint density at radius 1 is 1.10 bits per heavy atom. The van der Waals surface area contributed by atoms with Crippen LogP contribution in [-0.4, -0.2) is 15.5 Å². The molecule has 0 unspecified atom stereocenters. The Kier molecular flexibility index (Phi) is 3.79. The lowest BCUT2D eigenvalue weighted by molar-refractivity contribution is 0.547. The molecule has 0 fully saturated rings. The Labute approximate surface area is 119 Å². The highest BCUT2D eigenvalue weighted by molar-refractivity contribution is 5.75. The van der Waals surface area contributed by atoms with Crippen LogP contribution in [0.4, 0.5) is 17.3 Å². The molecule has 20 heavy (non-hydrogen) atoms. The van der Waals surface area contributed by atoms with E-state index in [4.69, 9.17) is 11.5 Å². The Hall–Kier alpha value is -2.30. The number of hydrogen-bond acceptors (Lipinski definition) is 5. The molecule has 2 aromatic rings. The van der Waals surface area contributed by atoms with Crippen LogP contribution in [0.1, 0.15) is 27.2 Å². The molecular formula is C15H21N5. The Morgan fingerprint density at radius 2 is 1.75 bits per heavy atom. The van der Waals surface area contributed by atoms with E-state index in [1.807, 2.05) is 18.2 Å². The Morgan fingerprint density at radius 3 is 2.30 bits per heavy atom. The van der Waals surface area contributed by atoms with Gasteiger partial charge in [0.2, 0.25) is 5.95 Å². The van der Waals surface area contributed by atoms with Crippen molar-refractivity contribution < 1.29 is 0 Å². The van der Waals surface area contributed by atoms with E-state index in [9.17, 15) is 0 Å². The van der Waals surface area contributed by atoms with Gasteiger partial charge in [0, 0.05) is 23.5 Å². The highest BCUT2D eigenvalue weighted by Gasteiger charge is 2.15. The van der Waals surface area contributed by atoms with Crippen molar-refractivity contribution in [1.82, 2.24) is 9.97 Å². The molecule has 5 nitrogen and oxygen atoms in total. The molecule has 5 N–H and O–H groups in total. The second-order valence-corrected chi connectivity index (χ2v) is 5.49. The third kappa shape index (κ3) is 3.17. The lowest BCUT2D eigenvalue weighted by Gasteiger charge is -2.27. The van der Waals surface area contributed by atoms with E-state index < -0.39 is 0 Å². The molecule has 5 heteroatoms. The third-order valence-electron chi connectivity index (χ3n) is 3.41. The fourth-order valence-corrected chi connectivity index (χ4v) is 1.80. The van der Waals surface area contributed by atoms with Gasteiger partial charge in [-0.15, -0.1) is 0 Å². The molecule has 0 aliphatic carbocycles. The smallest absolute Gasteiger partial charge is 0.219 e. The maximum Gasteiger partial charge on any atom is 0.219 e. The van der Waals surface area contributed by atoms with Crippen molar-refractivity contribution in [2.24, 2.45) is 0 Å². The highest BCUT2D eigenvalue weighted by atomic mass is 15.0. The molecule has 0 amide bonds. The number of aromatic nitrogens is 2. The first kappa shape index (κ1) is 14.1. The molecule has 0 atom stereocenters. The molecule has 1 aromatic carbocycles. The van der Waals surface area contributed by atoms with Crippen LogP contribution >= 0.6 is 0 Å². The zero-order valence-electron chi connectivity index (χ0n) is 12.1. The largest absolute Gasteiger partial charge is 0.397 e. The van der Waals surface area contributed by atoms with Crippen LogP contribution in [0, 0.1) is 0 Å². The number of hydrogen-bond donors (Lipinski definition) is 3. The van der Waals surface area contributed by atoms with E-state index in [-0.39, 0.29) is 11.5 Å². The molecule has 0 aliphatic rings. The maximum atomic E-state index is 6.12. The van der Waals surface area contributed by atoms with Gasteiger partial charge in [-0.2, -0.15) is 0 Å². The summed E-state index contributed by atoms with van der Waals surface area (Å²) in [7, 11) is 0. The van der Waals surface area contributed by atoms with Crippen LogP contribution in [0.2, 0.25) is 0 Å². The van der Waals surface area contributed by atoms with Gasteiger partial charge in [-0.25, -0.2) is 9.97 Å². The number of anilines is 3. The quantitative estimate of drug-likeness (QED) is 0.744. The predicted octanol–water partition coefficient (Wildman–Crippen LogP) is 2.91. The van der Waals surface area contributed by atoms with Crippen molar-refractivity contribution in [2.75, 3.05) is 16.8 Å². The van der Waals surface area contributed by atoms with Crippen LogP contribution in [0.3, 0.4) is 0 Å². The Balaban J connectivity index is 2.28. The monoisotopic (exact) mass is 271 g/mol. The molecule has 0 radical (unpaired) electrons. The minimum atomic E-state index is 0.0138. The van der Waals surface area contributed by atoms with Crippen LogP contribution in [0.25, 0.3) is 11.1 Å². The summed E-state index contributed by atoms with van der Waals surface area (Å²) in [6.07, 6.45) is 4.40. The number of benzene rings is 1. The van der Waals surface area contributed by atoms with Gasteiger partial charge >= 0.3 is 0 Å². The number of nitrogen functional groups attached to an aromatic ring is 2. The van der Waals surface area contributed by atoms with Gasteiger partial charge in [0.25, 0.3) is 0 Å². The van der Waals surface area contributed by atoms with Gasteiger partial charge in [0.15, 0.2) is 0 Å². The molecule has 106 valence electrons. The van der Waals surface area contributed by atoms with E-state index in [2.05, 4.69) is 36.1 Å². The minimum Gasteiger partial charge on any atom is -0.397 e. The lowest BCUT2D eigenvalue weighted by atomic mass is 10.0. The topological polar surface area (TPSA) is 89.8 Å². The highest BCUT2D eigenvalue weighted by Crippen LogP contribution is 2.29. The van der Waals surface area contributed by atoms with E-state index in [0.29, 0.717) is 5.69 Å². The SMILES string of the molecule is CCC(C)(C)Nc1ccc(-c2cnc(N)nc2)cc1N. The second kappa shape index (κ2) is 5.36. The first-order chi connectivity index (χ1) is 9.41. The van der Waals surface area contributed by atoms with Crippen molar-refractivity contribution in [3.05, 3.63) is 30.6 Å². The summed E-state index contributed by atoms with van der Waals surface area (Å²) >= 11 is 0. The fraction of sp³-hybridized carbons (Fsp3) is 0.333. The molecule has 1 heterocycles. The van der Waals surface area contributed by atoms with Gasteiger partial charge in [0.1, 0.15) is 0 Å². The first-order valence-electron chi connectivity index (χ1n) is 6.67. The fourth-order valence-electron chi connectivity index (χ4n) is 1.80. The van der Waals surface area contributed by atoms with Crippen LogP contribution in [0.15, 0.2) is 30.6 Å². The summed E-state index contributed by atoms with van der Waals surface area (Å²) in [5.41, 5.74) is 15.1. The van der Waals surface area contributed by atoms with Crippen molar-refractivity contribution in [2.45, 2.75) is 32.7 Å². The summed E-state index contributed by atoms with van der Waals surface area (Å²) in [4.78, 5) is 7.98. The van der Waals surface area contributed by atoms with Crippen LogP contribution < -0.4 is 16.8 Å². The van der Waals surface area contributed by atoms with Crippen molar-refractivity contribution in [3.63, 3.8) is 0 Å². The molecule has 1 aromatic heterocycles. The lowest BCUT2D eigenvalue weighted by Crippen LogP contribution is -2.30. The van der Waals surface area contributed by atoms with E-state index in [1.165, 1.54) is 0 Å². The molecule has 0 aliphatic heterocycles. The summed E-state index contributed by atoms with van der Waals surface area (Å²) in [5, 5.41) is 3.45. The average molecular weight is 271 g/mol. The van der Waals surface area contributed by atoms with Crippen LogP contribution in [0.5, 0.6) is 0 Å². The van der Waals surface area contributed by atoms with Gasteiger partial charge in [-0.1, -0.05) is 13.0 Å². The van der Waals surface area contributed by atoms with Gasteiger partial charge < -0.3 is 16.8 Å². The van der Waals surface area contributed by atoms with Gasteiger partial charge in [-0.3, -0.25) is 0 Å². The molecule has 0 saturated carbocycles. The third-order valence-corrected chi connectivity index (χ3v) is 3.41. The molecule has 0 saturated heterocycles. The first-order valence-corrected chi connectivity index (χ1v) is 6.67. The second-order valence-electron chi connectivity index (χ2n) is 5.49. The zero-order chi connectivity index (χ0) is 14.8. The number of nitrogens with two attached hydrogens (primary N) is 2. The van der Waals surface area contributed by atoms with Crippen molar-refractivity contribution >= 4 is 17.3 Å². The molecular weight excluding hydrogens is 250 g/mol. The minimum absolute atomic E-state index is 0.0138. The van der Waals surface area contributed by atoms with E-state index in [0.717, 1.165) is 23.2 Å². The summed E-state index contributed by atoms with van der Waals surface area (Å²) in [6.45, 7) is 6.44. The zero-order valence-corrected chi connectivity index (χ0v) is 12.1. The summed E-state index contributed by atoms with van der Waals surface area (Å²) < 4.78 is 0. The van der Waals surface area contributed by atoms with Gasteiger partial charge in [0.05, 0.1) is 11.4 Å². The van der Waals surface area contributed by atoms with Crippen LogP contribution in [-0.2, 0) is 0 Å². The summed E-state index contributed by atoms with van der Waals surface area (Å²) in [6, 6.07) is 5.90. The molecule has 0 spiro atoms. The average Bonchev–Trinajstić information content (AvgIpc) is 2.42. The van der Waals surface area contributed by atoms with Crippen molar-refractivity contribution in [3.8, 4) is 11.1 Å².